The minimum Gasteiger partial charge on any atom is -0.493 e. The lowest BCUT2D eigenvalue weighted by Gasteiger charge is -2.11. The van der Waals surface area contributed by atoms with Crippen molar-refractivity contribution in [2.24, 2.45) is 7.05 Å². The van der Waals surface area contributed by atoms with Gasteiger partial charge in [-0.2, -0.15) is 5.10 Å². The summed E-state index contributed by atoms with van der Waals surface area (Å²) >= 11 is 0. The highest BCUT2D eigenvalue weighted by atomic mass is 16.5. The van der Waals surface area contributed by atoms with Gasteiger partial charge in [-0.15, -0.1) is 0 Å². The van der Waals surface area contributed by atoms with Gasteiger partial charge in [-0.25, -0.2) is 9.78 Å². The first kappa shape index (κ1) is 14.8. The number of carboxylic acids is 1. The third-order valence-corrected chi connectivity index (χ3v) is 2.81. The van der Waals surface area contributed by atoms with Gasteiger partial charge in [0.1, 0.15) is 5.75 Å². The van der Waals surface area contributed by atoms with Crippen LogP contribution in [0.15, 0.2) is 18.3 Å². The van der Waals surface area contributed by atoms with Crippen molar-refractivity contribution in [1.29, 1.82) is 0 Å². The minimum absolute atomic E-state index is 0.0242. The molecular formula is C14H17N3O4. The lowest BCUT2D eigenvalue weighted by Crippen LogP contribution is -2.02. The van der Waals surface area contributed by atoms with Crippen LogP contribution >= 0.6 is 0 Å². The van der Waals surface area contributed by atoms with Crippen LogP contribution in [0.25, 0.3) is 11.3 Å². The molecule has 2 rings (SSSR count). The van der Waals surface area contributed by atoms with Crippen molar-refractivity contribution < 1.29 is 19.4 Å². The van der Waals surface area contributed by atoms with Crippen LogP contribution in [0.4, 0.5) is 0 Å². The van der Waals surface area contributed by atoms with Crippen molar-refractivity contribution >= 4 is 5.97 Å². The van der Waals surface area contributed by atoms with Gasteiger partial charge in [0, 0.05) is 19.3 Å². The lowest BCUT2D eigenvalue weighted by molar-refractivity contribution is 0.0689. The van der Waals surface area contributed by atoms with E-state index in [1.165, 1.54) is 10.7 Å². The Labute approximate surface area is 122 Å². The number of carbonyl (C=O) groups is 1. The Kier molecular flexibility index (Phi) is 4.42. The second-order valence-corrected chi connectivity index (χ2v) is 4.23. The van der Waals surface area contributed by atoms with E-state index in [9.17, 15) is 4.79 Å². The molecule has 0 aliphatic heterocycles. The van der Waals surface area contributed by atoms with Gasteiger partial charge in [0.05, 0.1) is 24.5 Å². The maximum Gasteiger partial charge on any atom is 0.356 e. The smallest absolute Gasteiger partial charge is 0.356 e. The summed E-state index contributed by atoms with van der Waals surface area (Å²) in [6, 6.07) is 3.18. The van der Waals surface area contributed by atoms with Gasteiger partial charge >= 0.3 is 5.97 Å². The molecule has 0 atom stereocenters. The Morgan fingerprint density at radius 1 is 1.29 bits per heavy atom. The van der Waals surface area contributed by atoms with Crippen LogP contribution in [0.5, 0.6) is 11.6 Å². The molecule has 7 heteroatoms. The van der Waals surface area contributed by atoms with Crippen molar-refractivity contribution in [3.63, 3.8) is 0 Å². The summed E-state index contributed by atoms with van der Waals surface area (Å²) in [5.74, 6) is -0.0325. The molecule has 0 aliphatic carbocycles. The lowest BCUT2D eigenvalue weighted by atomic mass is 10.1. The summed E-state index contributed by atoms with van der Waals surface area (Å²) in [4.78, 5) is 15.2. The van der Waals surface area contributed by atoms with Gasteiger partial charge in [0.25, 0.3) is 0 Å². The third-order valence-electron chi connectivity index (χ3n) is 2.81. The Hall–Kier alpha value is -2.57. The molecule has 0 saturated heterocycles. The monoisotopic (exact) mass is 291 g/mol. The second-order valence-electron chi connectivity index (χ2n) is 4.23. The minimum atomic E-state index is -1.08. The molecule has 2 aromatic heterocycles. The van der Waals surface area contributed by atoms with Crippen molar-refractivity contribution in [3.05, 3.63) is 24.0 Å². The first-order chi connectivity index (χ1) is 10.1. The number of aromatic nitrogens is 3. The molecule has 0 aromatic carbocycles. The van der Waals surface area contributed by atoms with Crippen LogP contribution in [0.1, 0.15) is 24.3 Å². The van der Waals surface area contributed by atoms with E-state index in [0.29, 0.717) is 36.1 Å². The van der Waals surface area contributed by atoms with Gasteiger partial charge in [-0.05, 0) is 19.9 Å². The number of hydrogen-bond donors (Lipinski definition) is 1. The highest BCUT2D eigenvalue weighted by molar-refractivity contribution is 5.87. The fourth-order valence-electron chi connectivity index (χ4n) is 1.94. The Bertz CT molecular complexity index is 652. The van der Waals surface area contributed by atoms with Crippen LogP contribution in [-0.2, 0) is 7.05 Å². The van der Waals surface area contributed by atoms with Gasteiger partial charge in [0.15, 0.2) is 5.69 Å². The number of carboxylic acid groups (broad SMARTS) is 1. The van der Waals surface area contributed by atoms with E-state index in [1.54, 1.807) is 19.3 Å². The van der Waals surface area contributed by atoms with Gasteiger partial charge in [0.2, 0.25) is 5.88 Å². The van der Waals surface area contributed by atoms with Gasteiger partial charge in [-0.1, -0.05) is 0 Å². The number of pyridine rings is 1. The second kappa shape index (κ2) is 6.25. The van der Waals surface area contributed by atoms with E-state index in [2.05, 4.69) is 10.1 Å². The molecule has 21 heavy (non-hydrogen) atoms. The first-order valence-corrected chi connectivity index (χ1v) is 6.60. The Morgan fingerprint density at radius 2 is 2.00 bits per heavy atom. The molecule has 7 nitrogen and oxygen atoms in total. The van der Waals surface area contributed by atoms with Gasteiger partial charge in [-0.3, -0.25) is 4.68 Å². The fraction of sp³-hybridized carbons (Fsp3) is 0.357. The Morgan fingerprint density at radius 3 is 2.57 bits per heavy atom. The SMILES string of the molecule is CCOc1cc(OCC)c(-c2cc(C(=O)O)nn2C)cn1. The number of ether oxygens (including phenoxy) is 2. The molecule has 0 saturated carbocycles. The average Bonchev–Trinajstić information content (AvgIpc) is 2.82. The highest BCUT2D eigenvalue weighted by Gasteiger charge is 2.17. The van der Waals surface area contributed by atoms with E-state index >= 15 is 0 Å². The van der Waals surface area contributed by atoms with E-state index in [1.807, 2.05) is 13.8 Å². The zero-order chi connectivity index (χ0) is 15.4. The number of nitrogens with zero attached hydrogens (tertiary/aromatic N) is 3. The van der Waals surface area contributed by atoms with Crippen LogP contribution in [0.3, 0.4) is 0 Å². The van der Waals surface area contributed by atoms with E-state index < -0.39 is 5.97 Å². The number of hydrogen-bond acceptors (Lipinski definition) is 5. The third kappa shape index (κ3) is 3.13. The van der Waals surface area contributed by atoms with Gasteiger partial charge < -0.3 is 14.6 Å². The van der Waals surface area contributed by atoms with Crippen LogP contribution in [0, 0.1) is 0 Å². The molecule has 0 unspecified atom stereocenters. The van der Waals surface area contributed by atoms with Crippen LogP contribution in [0.2, 0.25) is 0 Å². The first-order valence-electron chi connectivity index (χ1n) is 6.60. The molecular weight excluding hydrogens is 274 g/mol. The number of aromatic carboxylic acids is 1. The van der Waals surface area contributed by atoms with Crippen molar-refractivity contribution in [2.75, 3.05) is 13.2 Å². The molecule has 0 spiro atoms. The zero-order valence-electron chi connectivity index (χ0n) is 12.2. The normalized spacial score (nSPS) is 10.4. The standard InChI is InChI=1S/C14H17N3O4/c1-4-20-12-7-13(21-5-2)15-8-9(12)11-6-10(14(18)19)16-17(11)3/h6-8H,4-5H2,1-3H3,(H,18,19). The molecule has 0 amide bonds. The maximum atomic E-state index is 11.0. The largest absolute Gasteiger partial charge is 0.493 e. The van der Waals surface area contributed by atoms with E-state index in [0.717, 1.165) is 0 Å². The van der Waals surface area contributed by atoms with E-state index in [-0.39, 0.29) is 5.69 Å². The van der Waals surface area contributed by atoms with Crippen molar-refractivity contribution in [2.45, 2.75) is 13.8 Å². The summed E-state index contributed by atoms with van der Waals surface area (Å²) < 4.78 is 12.4. The molecule has 1 N–H and O–H groups in total. The predicted molar refractivity (Wildman–Crippen MR) is 75.7 cm³/mol. The average molecular weight is 291 g/mol. The summed E-state index contributed by atoms with van der Waals surface area (Å²) in [6.45, 7) is 4.73. The molecule has 2 heterocycles. The molecule has 0 radical (unpaired) electrons. The van der Waals surface area contributed by atoms with Crippen molar-refractivity contribution in [3.8, 4) is 22.9 Å². The highest BCUT2D eigenvalue weighted by Crippen LogP contribution is 2.32. The number of rotatable bonds is 6. The predicted octanol–water partition coefficient (Wildman–Crippen LogP) is 1.98. The molecule has 2 aromatic rings. The van der Waals surface area contributed by atoms with Crippen LogP contribution < -0.4 is 9.47 Å². The maximum absolute atomic E-state index is 11.0. The summed E-state index contributed by atoms with van der Waals surface area (Å²) in [5.41, 5.74) is 1.26. The summed E-state index contributed by atoms with van der Waals surface area (Å²) in [5, 5.41) is 13.0. The molecule has 112 valence electrons. The quantitative estimate of drug-likeness (QED) is 0.875. The Balaban J connectivity index is 2.49. The summed E-state index contributed by atoms with van der Waals surface area (Å²) in [7, 11) is 1.67. The molecule has 0 aliphatic rings. The fourth-order valence-corrected chi connectivity index (χ4v) is 1.94. The van der Waals surface area contributed by atoms with E-state index in [4.69, 9.17) is 14.6 Å². The topological polar surface area (TPSA) is 86.5 Å². The van der Waals surface area contributed by atoms with Crippen molar-refractivity contribution in [1.82, 2.24) is 14.8 Å². The summed E-state index contributed by atoms with van der Waals surface area (Å²) in [6.07, 6.45) is 1.60. The number of aryl methyl sites for hydroxylation is 1. The molecule has 0 fully saturated rings. The van der Waals surface area contributed by atoms with Crippen LogP contribution in [-0.4, -0.2) is 39.1 Å². The molecule has 0 bridgehead atoms. The zero-order valence-corrected chi connectivity index (χ0v) is 12.2.